The summed E-state index contributed by atoms with van der Waals surface area (Å²) in [5.74, 6) is 1.10. The molecule has 1 aliphatic rings. The van der Waals surface area contributed by atoms with Crippen molar-refractivity contribution in [1.82, 2.24) is 10.2 Å². The van der Waals surface area contributed by atoms with E-state index in [1.807, 2.05) is 0 Å². The first-order valence-corrected chi connectivity index (χ1v) is 8.57. The molecule has 1 atom stereocenters. The first-order valence-electron chi connectivity index (χ1n) is 5.47. The van der Waals surface area contributed by atoms with Crippen LogP contribution in [-0.2, 0) is 14.6 Å². The monoisotopic (exact) mass is 280 g/mol. The molecule has 100 valence electrons. The Balaban J connectivity index is 2.97. The average Bonchev–Trinajstić information content (AvgIpc) is 2.27. The Morgan fingerprint density at radius 3 is 2.53 bits per heavy atom. The highest BCUT2D eigenvalue weighted by Gasteiger charge is 2.39. The van der Waals surface area contributed by atoms with Crippen LogP contribution in [0.5, 0.6) is 0 Å². The van der Waals surface area contributed by atoms with E-state index in [2.05, 4.69) is 5.32 Å². The van der Waals surface area contributed by atoms with E-state index in [4.69, 9.17) is 0 Å². The van der Waals surface area contributed by atoms with Crippen LogP contribution in [-0.4, -0.2) is 61.5 Å². The van der Waals surface area contributed by atoms with Crippen LogP contribution in [0.25, 0.3) is 0 Å². The van der Waals surface area contributed by atoms with Gasteiger partial charge in [0.05, 0.1) is 5.54 Å². The molecule has 0 aromatic carbocycles. The molecule has 17 heavy (non-hydrogen) atoms. The lowest BCUT2D eigenvalue weighted by atomic mass is 10.0. The van der Waals surface area contributed by atoms with Gasteiger partial charge >= 0.3 is 0 Å². The number of nitrogens with zero attached hydrogens (tertiary/aromatic N) is 1. The molecule has 0 aromatic heterocycles. The van der Waals surface area contributed by atoms with Gasteiger partial charge in [0.1, 0.15) is 5.37 Å². The van der Waals surface area contributed by atoms with Crippen LogP contribution in [0, 0.1) is 0 Å². The van der Waals surface area contributed by atoms with Crippen molar-refractivity contribution in [3.8, 4) is 0 Å². The molecule has 0 radical (unpaired) electrons. The maximum absolute atomic E-state index is 12.3. The third kappa shape index (κ3) is 3.35. The molecule has 1 saturated heterocycles. The minimum Gasteiger partial charge on any atom is -0.322 e. The topological polar surface area (TPSA) is 66.5 Å². The van der Waals surface area contributed by atoms with E-state index in [0.29, 0.717) is 12.3 Å². The van der Waals surface area contributed by atoms with Crippen molar-refractivity contribution in [1.29, 1.82) is 0 Å². The molecule has 1 heterocycles. The zero-order valence-electron chi connectivity index (χ0n) is 10.7. The quantitative estimate of drug-likeness (QED) is 0.784. The van der Waals surface area contributed by atoms with Crippen LogP contribution < -0.4 is 5.32 Å². The van der Waals surface area contributed by atoms with Gasteiger partial charge in [-0.05, 0) is 20.9 Å². The first-order chi connectivity index (χ1) is 7.70. The van der Waals surface area contributed by atoms with E-state index in [-0.39, 0.29) is 5.91 Å². The summed E-state index contributed by atoms with van der Waals surface area (Å²) in [6.07, 6.45) is 1.19. The molecule has 0 aliphatic carbocycles. The Bertz CT molecular complexity index is 392. The number of thioether (sulfide) groups is 1. The van der Waals surface area contributed by atoms with Crippen LogP contribution in [0.15, 0.2) is 0 Å². The Morgan fingerprint density at radius 1 is 1.47 bits per heavy atom. The lowest BCUT2D eigenvalue weighted by molar-refractivity contribution is -0.137. The highest BCUT2D eigenvalue weighted by molar-refractivity contribution is 8.00. The molecule has 1 unspecified atom stereocenters. The Morgan fingerprint density at radius 2 is 2.06 bits per heavy atom. The van der Waals surface area contributed by atoms with E-state index in [9.17, 15) is 13.2 Å². The van der Waals surface area contributed by atoms with Crippen molar-refractivity contribution in [2.45, 2.75) is 24.8 Å². The number of likely N-dealkylation sites (N-methyl/N-ethyl adjacent to an activating group) is 1. The maximum atomic E-state index is 12.3. The standard InChI is InChI=1S/C10H20N2O3S2/c1-10(2,11-3)9(13)12-5-6-16-7-8(12)17(4,14)15/h8,11H,5-7H2,1-4H3. The highest BCUT2D eigenvalue weighted by Crippen LogP contribution is 2.23. The second kappa shape index (κ2) is 5.16. The SMILES string of the molecule is CNC(C)(C)C(=O)N1CCSCC1S(C)(=O)=O. The van der Waals surface area contributed by atoms with Gasteiger partial charge in [0.2, 0.25) is 5.91 Å². The van der Waals surface area contributed by atoms with Gasteiger partial charge in [-0.15, -0.1) is 0 Å². The van der Waals surface area contributed by atoms with Crippen molar-refractivity contribution in [3.05, 3.63) is 0 Å². The van der Waals surface area contributed by atoms with E-state index >= 15 is 0 Å². The Hall–Kier alpha value is -0.270. The van der Waals surface area contributed by atoms with Gasteiger partial charge in [-0.2, -0.15) is 11.8 Å². The molecule has 5 nitrogen and oxygen atoms in total. The number of carbonyl (C=O) groups excluding carboxylic acids is 1. The number of carbonyl (C=O) groups is 1. The molecule has 1 fully saturated rings. The molecule has 1 amide bonds. The zero-order valence-corrected chi connectivity index (χ0v) is 12.3. The second-order valence-corrected chi connectivity index (χ2v) is 8.09. The molecular weight excluding hydrogens is 260 g/mol. The number of rotatable bonds is 3. The van der Waals surface area contributed by atoms with Crippen molar-refractivity contribution in [2.75, 3.05) is 31.4 Å². The van der Waals surface area contributed by atoms with Gasteiger partial charge in [-0.3, -0.25) is 4.79 Å². The number of hydrogen-bond donors (Lipinski definition) is 1. The van der Waals surface area contributed by atoms with Crippen LogP contribution in [0.1, 0.15) is 13.8 Å². The number of sulfone groups is 1. The summed E-state index contributed by atoms with van der Waals surface area (Å²) >= 11 is 1.58. The lowest BCUT2D eigenvalue weighted by Crippen LogP contribution is -2.59. The number of hydrogen-bond acceptors (Lipinski definition) is 5. The molecular formula is C10H20N2O3S2. The molecule has 1 aliphatic heterocycles. The second-order valence-electron chi connectivity index (χ2n) is 4.73. The molecule has 0 aromatic rings. The minimum atomic E-state index is -3.23. The minimum absolute atomic E-state index is 0.157. The van der Waals surface area contributed by atoms with Crippen molar-refractivity contribution in [2.24, 2.45) is 0 Å². The van der Waals surface area contributed by atoms with Gasteiger partial charge in [-0.25, -0.2) is 8.42 Å². The summed E-state index contributed by atoms with van der Waals surface area (Å²) in [4.78, 5) is 13.8. The summed E-state index contributed by atoms with van der Waals surface area (Å²) in [6, 6.07) is 0. The molecule has 0 spiro atoms. The van der Waals surface area contributed by atoms with Gasteiger partial charge in [-0.1, -0.05) is 0 Å². The fraction of sp³-hybridized carbons (Fsp3) is 0.900. The van der Waals surface area contributed by atoms with Gasteiger partial charge in [0.15, 0.2) is 9.84 Å². The van der Waals surface area contributed by atoms with E-state index < -0.39 is 20.8 Å². The molecule has 7 heteroatoms. The molecule has 0 saturated carbocycles. The van der Waals surface area contributed by atoms with Crippen LogP contribution in [0.3, 0.4) is 0 Å². The zero-order chi connectivity index (χ0) is 13.3. The third-order valence-electron chi connectivity index (χ3n) is 3.00. The first kappa shape index (κ1) is 14.8. The number of amides is 1. The smallest absolute Gasteiger partial charge is 0.243 e. The van der Waals surface area contributed by atoms with Gasteiger partial charge in [0.25, 0.3) is 0 Å². The number of nitrogens with one attached hydrogen (secondary N) is 1. The summed E-state index contributed by atoms with van der Waals surface area (Å²) in [5, 5.41) is 2.22. The fourth-order valence-corrected chi connectivity index (χ4v) is 4.45. The summed E-state index contributed by atoms with van der Waals surface area (Å²) < 4.78 is 23.4. The Kier molecular flexibility index (Phi) is 4.49. The van der Waals surface area contributed by atoms with Gasteiger partial charge < -0.3 is 10.2 Å². The summed E-state index contributed by atoms with van der Waals surface area (Å²) in [5.41, 5.74) is -0.731. The van der Waals surface area contributed by atoms with E-state index in [1.165, 1.54) is 11.2 Å². The summed E-state index contributed by atoms with van der Waals surface area (Å²) in [6.45, 7) is 4.01. The molecule has 1 rings (SSSR count). The third-order valence-corrected chi connectivity index (χ3v) is 5.64. The van der Waals surface area contributed by atoms with Crippen LogP contribution >= 0.6 is 11.8 Å². The summed E-state index contributed by atoms with van der Waals surface area (Å²) in [7, 11) is -1.53. The molecule has 1 N–H and O–H groups in total. The maximum Gasteiger partial charge on any atom is 0.243 e. The largest absolute Gasteiger partial charge is 0.322 e. The van der Waals surface area contributed by atoms with Gasteiger partial charge in [0, 0.05) is 24.3 Å². The normalized spacial score (nSPS) is 22.6. The van der Waals surface area contributed by atoms with Crippen LogP contribution in [0.4, 0.5) is 0 Å². The van der Waals surface area contributed by atoms with E-state index in [0.717, 1.165) is 5.75 Å². The average molecular weight is 280 g/mol. The van der Waals surface area contributed by atoms with Crippen LogP contribution in [0.2, 0.25) is 0 Å². The predicted molar refractivity (Wildman–Crippen MR) is 70.8 cm³/mol. The fourth-order valence-electron chi connectivity index (χ4n) is 1.63. The van der Waals surface area contributed by atoms with Crippen molar-refractivity contribution >= 4 is 27.5 Å². The molecule has 0 bridgehead atoms. The predicted octanol–water partition coefficient (Wildman–Crippen LogP) is -0.0695. The highest BCUT2D eigenvalue weighted by atomic mass is 32.2. The van der Waals surface area contributed by atoms with Crippen molar-refractivity contribution in [3.63, 3.8) is 0 Å². The van der Waals surface area contributed by atoms with E-state index in [1.54, 1.807) is 32.7 Å². The lowest BCUT2D eigenvalue weighted by Gasteiger charge is -2.38. The van der Waals surface area contributed by atoms with Crippen molar-refractivity contribution < 1.29 is 13.2 Å². The Labute approximate surface area is 107 Å².